The van der Waals surface area contributed by atoms with Crippen molar-refractivity contribution in [1.82, 2.24) is 15.3 Å². The first-order chi connectivity index (χ1) is 17.5. The normalized spacial score (nSPS) is 22.4. The van der Waals surface area contributed by atoms with E-state index in [9.17, 15) is 0 Å². The van der Waals surface area contributed by atoms with E-state index in [2.05, 4.69) is 70.7 Å². The third kappa shape index (κ3) is 5.93. The minimum Gasteiger partial charge on any atom is -0.361 e. The van der Waals surface area contributed by atoms with Crippen LogP contribution in [0.4, 0.5) is 17.6 Å². The van der Waals surface area contributed by atoms with Gasteiger partial charge >= 0.3 is 0 Å². The molecule has 3 heterocycles. The smallest absolute Gasteiger partial charge is 0.232 e. The number of nitrogens with one attached hydrogen (secondary N) is 2. The molecule has 0 amide bonds. The first-order valence-electron chi connectivity index (χ1n) is 14.0. The molecular formula is C29H42N6S. The van der Waals surface area contributed by atoms with Gasteiger partial charge in [0.15, 0.2) is 5.11 Å². The van der Waals surface area contributed by atoms with E-state index in [4.69, 9.17) is 22.2 Å². The Balaban J connectivity index is 1.31. The molecule has 194 valence electrons. The summed E-state index contributed by atoms with van der Waals surface area (Å²) in [6.45, 7) is 9.73. The molecule has 1 aliphatic carbocycles. The molecule has 7 heteroatoms. The fourth-order valence-corrected chi connectivity index (χ4v) is 6.41. The Hall–Kier alpha value is -2.41. The van der Waals surface area contributed by atoms with Gasteiger partial charge in [-0.2, -0.15) is 9.97 Å². The molecule has 0 unspecified atom stereocenters. The van der Waals surface area contributed by atoms with Crippen LogP contribution in [-0.2, 0) is 5.41 Å². The van der Waals surface area contributed by atoms with Crippen molar-refractivity contribution in [2.24, 2.45) is 11.8 Å². The van der Waals surface area contributed by atoms with Gasteiger partial charge in [-0.05, 0) is 68.1 Å². The Morgan fingerprint density at radius 1 is 0.917 bits per heavy atom. The summed E-state index contributed by atoms with van der Waals surface area (Å²) < 4.78 is 0. The average molecular weight is 507 g/mol. The van der Waals surface area contributed by atoms with E-state index in [1.807, 2.05) is 0 Å². The van der Waals surface area contributed by atoms with Crippen molar-refractivity contribution in [2.75, 3.05) is 47.8 Å². The number of nitrogens with zero attached hydrogens (tertiary/aromatic N) is 4. The molecule has 0 spiro atoms. The van der Waals surface area contributed by atoms with Gasteiger partial charge in [0.2, 0.25) is 5.95 Å². The second kappa shape index (κ2) is 11.3. The fourth-order valence-electron chi connectivity index (χ4n) is 6.24. The van der Waals surface area contributed by atoms with Gasteiger partial charge in [-0.25, -0.2) is 0 Å². The summed E-state index contributed by atoms with van der Waals surface area (Å²) in [4.78, 5) is 14.7. The lowest BCUT2D eigenvalue weighted by Gasteiger charge is -2.34. The van der Waals surface area contributed by atoms with E-state index in [1.165, 1.54) is 56.9 Å². The molecule has 5 rings (SSSR count). The summed E-state index contributed by atoms with van der Waals surface area (Å²) in [5.74, 6) is 4.12. The largest absolute Gasteiger partial charge is 0.361 e. The van der Waals surface area contributed by atoms with Crippen molar-refractivity contribution in [3.8, 4) is 0 Å². The third-order valence-corrected chi connectivity index (χ3v) is 8.79. The predicted octanol–water partition coefficient (Wildman–Crippen LogP) is 5.75. The third-order valence-electron chi connectivity index (χ3n) is 8.55. The second-order valence-corrected chi connectivity index (χ2v) is 11.8. The molecule has 1 aromatic heterocycles. The number of hydrogen-bond acceptors (Lipinski definition) is 5. The summed E-state index contributed by atoms with van der Waals surface area (Å²) in [6.07, 6.45) is 9.87. The molecule has 2 aromatic rings. The second-order valence-electron chi connectivity index (χ2n) is 11.4. The van der Waals surface area contributed by atoms with Gasteiger partial charge in [-0.15, -0.1) is 0 Å². The Morgan fingerprint density at radius 3 is 2.31 bits per heavy atom. The van der Waals surface area contributed by atoms with Gasteiger partial charge in [0.25, 0.3) is 0 Å². The zero-order chi connectivity index (χ0) is 25.0. The molecule has 6 nitrogen and oxygen atoms in total. The lowest BCUT2D eigenvalue weighted by Crippen LogP contribution is -2.41. The predicted molar refractivity (Wildman–Crippen MR) is 154 cm³/mol. The van der Waals surface area contributed by atoms with Crippen LogP contribution in [0.15, 0.2) is 36.4 Å². The molecule has 0 bridgehead atoms. The van der Waals surface area contributed by atoms with Gasteiger partial charge in [0.05, 0.1) is 0 Å². The first kappa shape index (κ1) is 25.2. The quantitative estimate of drug-likeness (QED) is 0.484. The lowest BCUT2D eigenvalue weighted by molar-refractivity contribution is 0.434. The van der Waals surface area contributed by atoms with Crippen molar-refractivity contribution in [1.29, 1.82) is 0 Å². The summed E-state index contributed by atoms with van der Waals surface area (Å²) in [7, 11) is 0. The minimum absolute atomic E-state index is 0.148. The molecule has 1 atom stereocenters. The first-order valence-corrected chi connectivity index (χ1v) is 14.4. The van der Waals surface area contributed by atoms with Crippen molar-refractivity contribution < 1.29 is 0 Å². The number of piperidine rings is 2. The summed E-state index contributed by atoms with van der Waals surface area (Å²) >= 11 is 5.77. The van der Waals surface area contributed by atoms with Crippen molar-refractivity contribution >= 4 is 34.9 Å². The molecule has 2 aliphatic heterocycles. The molecule has 1 aromatic carbocycles. The molecule has 0 radical (unpaired) electrons. The molecule has 1 saturated carbocycles. The maximum absolute atomic E-state index is 5.77. The van der Waals surface area contributed by atoms with Crippen LogP contribution in [0.25, 0.3) is 0 Å². The fraction of sp³-hybridized carbons (Fsp3) is 0.621. The Morgan fingerprint density at radius 2 is 1.61 bits per heavy atom. The van der Waals surface area contributed by atoms with E-state index < -0.39 is 0 Å². The SMILES string of the molecule is CC1CCN(c2cc(N3CCC[C@H](C)C3)nc(NC(=S)NCC3(c4ccccc4)CCCC3)n2)CC1. The van der Waals surface area contributed by atoms with Crippen LogP contribution in [-0.4, -0.2) is 47.8 Å². The topological polar surface area (TPSA) is 56.3 Å². The van der Waals surface area contributed by atoms with E-state index in [0.717, 1.165) is 50.3 Å². The van der Waals surface area contributed by atoms with Crippen LogP contribution in [0.5, 0.6) is 0 Å². The highest BCUT2D eigenvalue weighted by Gasteiger charge is 2.35. The zero-order valence-electron chi connectivity index (χ0n) is 22.0. The van der Waals surface area contributed by atoms with Gasteiger partial charge < -0.3 is 20.4 Å². The van der Waals surface area contributed by atoms with Crippen LogP contribution in [0, 0.1) is 11.8 Å². The molecule has 2 N–H and O–H groups in total. The van der Waals surface area contributed by atoms with E-state index in [1.54, 1.807) is 0 Å². The molecule has 2 saturated heterocycles. The number of rotatable bonds is 6. The van der Waals surface area contributed by atoms with Crippen LogP contribution < -0.4 is 20.4 Å². The lowest BCUT2D eigenvalue weighted by atomic mass is 9.79. The van der Waals surface area contributed by atoms with E-state index in [-0.39, 0.29) is 5.41 Å². The van der Waals surface area contributed by atoms with Gasteiger partial charge in [0, 0.05) is 44.2 Å². The van der Waals surface area contributed by atoms with Crippen LogP contribution in [0.1, 0.15) is 70.8 Å². The van der Waals surface area contributed by atoms with Crippen LogP contribution in [0.2, 0.25) is 0 Å². The average Bonchev–Trinajstić information content (AvgIpc) is 3.39. The molecular weight excluding hydrogens is 464 g/mol. The van der Waals surface area contributed by atoms with Gasteiger partial charge in [-0.3, -0.25) is 0 Å². The number of thiocarbonyl (C=S) groups is 1. The van der Waals surface area contributed by atoms with E-state index >= 15 is 0 Å². The molecule has 36 heavy (non-hydrogen) atoms. The summed E-state index contributed by atoms with van der Waals surface area (Å²) in [5.41, 5.74) is 1.56. The minimum atomic E-state index is 0.148. The molecule has 3 aliphatic rings. The maximum atomic E-state index is 5.77. The van der Waals surface area contributed by atoms with Crippen molar-refractivity contribution in [3.05, 3.63) is 42.0 Å². The Kier molecular flexibility index (Phi) is 7.94. The van der Waals surface area contributed by atoms with E-state index in [0.29, 0.717) is 17.0 Å². The van der Waals surface area contributed by atoms with Gasteiger partial charge in [0.1, 0.15) is 11.6 Å². The maximum Gasteiger partial charge on any atom is 0.232 e. The Bertz CT molecular complexity index is 1010. The number of anilines is 3. The number of hydrogen-bond donors (Lipinski definition) is 2. The van der Waals surface area contributed by atoms with Crippen LogP contribution >= 0.6 is 12.2 Å². The number of benzene rings is 1. The highest BCUT2D eigenvalue weighted by Crippen LogP contribution is 2.40. The molecule has 3 fully saturated rings. The number of aromatic nitrogens is 2. The summed E-state index contributed by atoms with van der Waals surface area (Å²) in [5, 5.41) is 7.51. The Labute approximate surface area is 222 Å². The highest BCUT2D eigenvalue weighted by molar-refractivity contribution is 7.80. The van der Waals surface area contributed by atoms with Crippen molar-refractivity contribution in [3.63, 3.8) is 0 Å². The van der Waals surface area contributed by atoms with Crippen molar-refractivity contribution in [2.45, 2.75) is 70.6 Å². The van der Waals surface area contributed by atoms with Gasteiger partial charge in [-0.1, -0.05) is 57.0 Å². The monoisotopic (exact) mass is 506 g/mol. The zero-order valence-corrected chi connectivity index (χ0v) is 22.8. The highest BCUT2D eigenvalue weighted by atomic mass is 32.1. The van der Waals surface area contributed by atoms with Crippen LogP contribution in [0.3, 0.4) is 0 Å². The summed E-state index contributed by atoms with van der Waals surface area (Å²) in [6, 6.07) is 13.1. The standard InChI is InChI=1S/C29H42N6S/c1-22-12-17-34(18-13-22)25-19-26(35-16-8-9-23(2)20-35)32-27(31-25)33-28(36)30-21-29(14-6-7-15-29)24-10-4-3-5-11-24/h3-5,10-11,19,22-23H,6-9,12-18,20-21H2,1-2H3,(H2,30,31,32,33,36)/t23-/m0/s1.